The van der Waals surface area contributed by atoms with Gasteiger partial charge >= 0.3 is 6.03 Å². The Morgan fingerprint density at radius 2 is 2.09 bits per heavy atom. The van der Waals surface area contributed by atoms with Gasteiger partial charge in [0, 0.05) is 24.0 Å². The van der Waals surface area contributed by atoms with Crippen LogP contribution < -0.4 is 16.4 Å². The fourth-order valence-electron chi connectivity index (χ4n) is 2.10. The van der Waals surface area contributed by atoms with Gasteiger partial charge in [0.05, 0.1) is 0 Å². The lowest BCUT2D eigenvalue weighted by Crippen LogP contribution is -2.19. The summed E-state index contributed by atoms with van der Waals surface area (Å²) in [5.74, 6) is 1.38. The van der Waals surface area contributed by atoms with E-state index in [1.165, 1.54) is 6.33 Å². The van der Waals surface area contributed by atoms with Gasteiger partial charge in [0.15, 0.2) is 0 Å². The summed E-state index contributed by atoms with van der Waals surface area (Å²) in [6.45, 7) is 2.51. The van der Waals surface area contributed by atoms with Crippen LogP contribution in [0.15, 0.2) is 36.7 Å². The average Bonchev–Trinajstić information content (AvgIpc) is 2.93. The molecule has 4 N–H and O–H groups in total. The summed E-state index contributed by atoms with van der Waals surface area (Å²) in [5.41, 5.74) is 7.65. The first-order valence-corrected chi connectivity index (χ1v) is 6.68. The van der Waals surface area contributed by atoms with Crippen LogP contribution in [0.3, 0.4) is 0 Å². The van der Waals surface area contributed by atoms with Crippen molar-refractivity contribution in [3.05, 3.63) is 47.9 Å². The minimum atomic E-state index is -0.577. The molecule has 8 heteroatoms. The Labute approximate surface area is 126 Å². The largest absolute Gasteiger partial charge is 0.366 e. The van der Waals surface area contributed by atoms with Crippen LogP contribution in [-0.2, 0) is 6.54 Å². The second-order valence-corrected chi connectivity index (χ2v) is 4.79. The molecule has 0 aliphatic carbocycles. The van der Waals surface area contributed by atoms with Crippen molar-refractivity contribution in [3.63, 3.8) is 0 Å². The quantitative estimate of drug-likeness (QED) is 0.676. The maximum Gasteiger partial charge on any atom is 0.316 e. The van der Waals surface area contributed by atoms with Gasteiger partial charge in [-0.25, -0.2) is 9.78 Å². The number of hydrogen-bond donors (Lipinski definition) is 3. The number of carbonyl (C=O) groups is 1. The third kappa shape index (κ3) is 2.95. The van der Waals surface area contributed by atoms with Gasteiger partial charge in [0.1, 0.15) is 12.1 Å². The van der Waals surface area contributed by atoms with Crippen molar-refractivity contribution in [1.82, 2.24) is 19.6 Å². The highest BCUT2D eigenvalue weighted by molar-refractivity contribution is 5.87. The summed E-state index contributed by atoms with van der Waals surface area (Å²) in [6, 6.07) is 8.74. The number of aromatic nitrogens is 4. The minimum Gasteiger partial charge on any atom is -0.366 e. The topological polar surface area (TPSA) is 110 Å². The average molecular weight is 297 g/mol. The molecule has 0 aliphatic heterocycles. The van der Waals surface area contributed by atoms with Gasteiger partial charge in [-0.2, -0.15) is 14.6 Å². The number of aryl methyl sites for hydroxylation is 1. The summed E-state index contributed by atoms with van der Waals surface area (Å²) in [5, 5.41) is 9.96. The minimum absolute atomic E-state index is 0.559. The smallest absolute Gasteiger partial charge is 0.316 e. The van der Waals surface area contributed by atoms with Gasteiger partial charge in [-0.05, 0) is 24.6 Å². The van der Waals surface area contributed by atoms with E-state index in [-0.39, 0.29) is 0 Å². The normalized spacial score (nSPS) is 10.6. The SMILES string of the molecule is Cc1cc(NCc2ccc(NC(N)=O)cc2)n2ncnc2n1. The fraction of sp³-hybridized carbons (Fsp3) is 0.143. The summed E-state index contributed by atoms with van der Waals surface area (Å²) < 4.78 is 1.65. The summed E-state index contributed by atoms with van der Waals surface area (Å²) in [6.07, 6.45) is 1.47. The summed E-state index contributed by atoms with van der Waals surface area (Å²) in [7, 11) is 0. The number of urea groups is 1. The number of nitrogens with one attached hydrogen (secondary N) is 2. The van der Waals surface area contributed by atoms with Crippen LogP contribution in [0, 0.1) is 6.92 Å². The molecule has 8 nitrogen and oxygen atoms in total. The van der Waals surface area contributed by atoms with Gasteiger partial charge in [-0.15, -0.1) is 0 Å². The lowest BCUT2D eigenvalue weighted by molar-refractivity contribution is 0.259. The Hall–Kier alpha value is -3.16. The van der Waals surface area contributed by atoms with Crippen LogP contribution >= 0.6 is 0 Å². The fourth-order valence-corrected chi connectivity index (χ4v) is 2.10. The molecule has 0 saturated carbocycles. The number of fused-ring (bicyclic) bond motifs is 1. The summed E-state index contributed by atoms with van der Waals surface area (Å²) in [4.78, 5) is 19.1. The van der Waals surface area contributed by atoms with Crippen molar-refractivity contribution >= 4 is 23.3 Å². The van der Waals surface area contributed by atoms with E-state index in [1.807, 2.05) is 25.1 Å². The van der Waals surface area contributed by atoms with Crippen LogP contribution in [0.25, 0.3) is 5.78 Å². The zero-order chi connectivity index (χ0) is 15.5. The molecule has 22 heavy (non-hydrogen) atoms. The highest BCUT2D eigenvalue weighted by Crippen LogP contribution is 2.13. The number of carbonyl (C=O) groups excluding carboxylic acids is 1. The standard InChI is InChI=1S/C14H15N7O/c1-9-6-12(21-14(19-9)17-8-18-21)16-7-10-2-4-11(5-3-10)20-13(15)22/h2-6,8,16H,7H2,1H3,(H3,15,20,22). The van der Waals surface area contributed by atoms with Crippen molar-refractivity contribution in [1.29, 1.82) is 0 Å². The van der Waals surface area contributed by atoms with Crippen molar-refractivity contribution in [2.45, 2.75) is 13.5 Å². The maximum absolute atomic E-state index is 10.8. The predicted molar refractivity (Wildman–Crippen MR) is 82.5 cm³/mol. The second-order valence-electron chi connectivity index (χ2n) is 4.79. The highest BCUT2D eigenvalue weighted by Gasteiger charge is 2.05. The molecule has 0 radical (unpaired) electrons. The molecule has 3 aromatic rings. The van der Waals surface area contributed by atoms with E-state index in [0.29, 0.717) is 18.0 Å². The number of nitrogens with two attached hydrogens (primary N) is 1. The number of anilines is 2. The van der Waals surface area contributed by atoms with Gasteiger partial charge in [0.25, 0.3) is 5.78 Å². The van der Waals surface area contributed by atoms with E-state index >= 15 is 0 Å². The number of amides is 2. The van der Waals surface area contributed by atoms with Crippen molar-refractivity contribution in [3.8, 4) is 0 Å². The van der Waals surface area contributed by atoms with Gasteiger partial charge < -0.3 is 16.4 Å². The summed E-state index contributed by atoms with van der Waals surface area (Å²) >= 11 is 0. The molecule has 2 amide bonds. The molecule has 0 atom stereocenters. The third-order valence-electron chi connectivity index (χ3n) is 3.08. The molecule has 3 rings (SSSR count). The molecule has 112 valence electrons. The van der Waals surface area contributed by atoms with Crippen molar-refractivity contribution < 1.29 is 4.79 Å². The van der Waals surface area contributed by atoms with Gasteiger partial charge in [-0.1, -0.05) is 12.1 Å². The monoisotopic (exact) mass is 297 g/mol. The van der Waals surface area contributed by atoms with Gasteiger partial charge in [-0.3, -0.25) is 0 Å². The van der Waals surface area contributed by atoms with Gasteiger partial charge in [0.2, 0.25) is 0 Å². The molecule has 0 fully saturated rings. The number of nitrogens with zero attached hydrogens (tertiary/aromatic N) is 4. The van der Waals surface area contributed by atoms with Crippen LogP contribution in [0.1, 0.15) is 11.3 Å². The third-order valence-corrected chi connectivity index (χ3v) is 3.08. The van der Waals surface area contributed by atoms with Crippen LogP contribution in [0.4, 0.5) is 16.3 Å². The molecule has 1 aromatic carbocycles. The Kier molecular flexibility index (Phi) is 3.57. The number of primary amides is 1. The Morgan fingerprint density at radius 3 is 2.82 bits per heavy atom. The molecule has 0 bridgehead atoms. The van der Waals surface area contributed by atoms with Crippen molar-refractivity contribution in [2.75, 3.05) is 10.6 Å². The van der Waals surface area contributed by atoms with E-state index < -0.39 is 6.03 Å². The van der Waals surface area contributed by atoms with E-state index in [1.54, 1.807) is 16.6 Å². The molecule has 2 aromatic heterocycles. The molecule has 0 aliphatic rings. The lowest BCUT2D eigenvalue weighted by atomic mass is 10.2. The molecule has 2 heterocycles. The number of hydrogen-bond acceptors (Lipinski definition) is 5. The predicted octanol–water partition coefficient (Wildman–Crippen LogP) is 1.54. The van der Waals surface area contributed by atoms with E-state index in [4.69, 9.17) is 5.73 Å². The van der Waals surface area contributed by atoms with E-state index in [0.717, 1.165) is 17.1 Å². The lowest BCUT2D eigenvalue weighted by Gasteiger charge is -2.09. The Balaban J connectivity index is 1.73. The Bertz CT molecular complexity index is 810. The molecule has 0 spiro atoms. The number of benzene rings is 1. The first-order valence-electron chi connectivity index (χ1n) is 6.68. The zero-order valence-corrected chi connectivity index (χ0v) is 11.9. The zero-order valence-electron chi connectivity index (χ0n) is 11.9. The van der Waals surface area contributed by atoms with Crippen LogP contribution in [0.5, 0.6) is 0 Å². The maximum atomic E-state index is 10.8. The second kappa shape index (κ2) is 5.68. The Morgan fingerprint density at radius 1 is 1.32 bits per heavy atom. The van der Waals surface area contributed by atoms with Crippen molar-refractivity contribution in [2.24, 2.45) is 5.73 Å². The molecule has 0 saturated heterocycles. The van der Waals surface area contributed by atoms with Crippen LogP contribution in [0.2, 0.25) is 0 Å². The molecular weight excluding hydrogens is 282 g/mol. The first kappa shape index (κ1) is 13.8. The molecule has 0 unspecified atom stereocenters. The van der Waals surface area contributed by atoms with E-state index in [9.17, 15) is 4.79 Å². The number of rotatable bonds is 4. The molecular formula is C14H15N7O. The van der Waals surface area contributed by atoms with Crippen LogP contribution in [-0.4, -0.2) is 25.6 Å². The highest BCUT2D eigenvalue weighted by atomic mass is 16.2. The van der Waals surface area contributed by atoms with E-state index in [2.05, 4.69) is 25.7 Å². The first-order chi connectivity index (χ1) is 10.6.